The first-order valence-electron chi connectivity index (χ1n) is 8.28. The predicted octanol–water partition coefficient (Wildman–Crippen LogP) is 6.15. The van der Waals surface area contributed by atoms with Gasteiger partial charge in [-0.05, 0) is 55.5 Å². The van der Waals surface area contributed by atoms with Crippen LogP contribution in [0.4, 0.5) is 0 Å². The van der Waals surface area contributed by atoms with Crippen molar-refractivity contribution in [2.45, 2.75) is 52.9 Å². The molecule has 0 amide bonds. The van der Waals surface area contributed by atoms with E-state index < -0.39 is 0 Å². The van der Waals surface area contributed by atoms with Gasteiger partial charge in [-0.2, -0.15) is 0 Å². The molecule has 23 heavy (non-hydrogen) atoms. The minimum absolute atomic E-state index is 0.344. The molecule has 0 aliphatic carbocycles. The van der Waals surface area contributed by atoms with Crippen LogP contribution < -0.4 is 0 Å². The summed E-state index contributed by atoms with van der Waals surface area (Å²) in [5.41, 5.74) is 5.40. The predicted molar refractivity (Wildman–Crippen MR) is 101 cm³/mol. The molecule has 122 valence electrons. The molecule has 1 rings (SSSR count). The number of rotatable bonds is 8. The van der Waals surface area contributed by atoms with Crippen LogP contribution in [-0.2, 0) is 6.42 Å². The maximum atomic E-state index is 10.4. The third-order valence-electron chi connectivity index (χ3n) is 3.78. The van der Waals surface area contributed by atoms with E-state index in [9.17, 15) is 5.11 Å². The van der Waals surface area contributed by atoms with Crippen LogP contribution in [0.25, 0.3) is 5.57 Å². The van der Waals surface area contributed by atoms with E-state index in [4.69, 9.17) is 6.42 Å². The number of benzene rings is 1. The van der Waals surface area contributed by atoms with E-state index in [1.165, 1.54) is 18.4 Å². The summed E-state index contributed by atoms with van der Waals surface area (Å²) in [7, 11) is 0. The molecular weight excluding hydrogens is 280 g/mol. The molecule has 0 unspecified atom stereocenters. The summed E-state index contributed by atoms with van der Waals surface area (Å²) in [6.45, 7) is 10.2. The van der Waals surface area contributed by atoms with Gasteiger partial charge in [0.05, 0.1) is 5.76 Å². The van der Waals surface area contributed by atoms with Gasteiger partial charge >= 0.3 is 0 Å². The van der Waals surface area contributed by atoms with E-state index in [0.29, 0.717) is 12.2 Å². The quantitative estimate of drug-likeness (QED) is 0.264. The van der Waals surface area contributed by atoms with Gasteiger partial charge in [-0.1, -0.05) is 61.6 Å². The van der Waals surface area contributed by atoms with Crippen LogP contribution in [-0.4, -0.2) is 5.11 Å². The van der Waals surface area contributed by atoms with E-state index in [1.807, 2.05) is 13.0 Å². The molecule has 0 fully saturated rings. The monoisotopic (exact) mass is 308 g/mol. The van der Waals surface area contributed by atoms with Gasteiger partial charge in [-0.25, -0.2) is 0 Å². The van der Waals surface area contributed by atoms with Gasteiger partial charge in [0.1, 0.15) is 0 Å². The lowest BCUT2D eigenvalue weighted by Crippen LogP contribution is -1.97. The first-order valence-corrected chi connectivity index (χ1v) is 8.28. The number of hydrogen-bond donors (Lipinski definition) is 1. The van der Waals surface area contributed by atoms with Crippen LogP contribution in [0.5, 0.6) is 0 Å². The summed E-state index contributed by atoms with van der Waals surface area (Å²) in [5, 5.41) is 10.4. The van der Waals surface area contributed by atoms with E-state index in [1.54, 1.807) is 6.08 Å². The normalized spacial score (nSPS) is 12.1. The molecule has 0 atom stereocenters. The van der Waals surface area contributed by atoms with Gasteiger partial charge < -0.3 is 5.11 Å². The SMILES string of the molecule is C#C/C=C(\C=C(\O)Cc1cc(C)ccc1C(=C)C)CCCCC. The molecule has 0 saturated carbocycles. The smallest absolute Gasteiger partial charge is 0.0969 e. The van der Waals surface area contributed by atoms with Crippen LogP contribution in [0.3, 0.4) is 0 Å². The van der Waals surface area contributed by atoms with Crippen LogP contribution in [0, 0.1) is 19.3 Å². The lowest BCUT2D eigenvalue weighted by Gasteiger charge is -2.11. The number of terminal acetylenes is 1. The third-order valence-corrected chi connectivity index (χ3v) is 3.78. The number of hydrogen-bond acceptors (Lipinski definition) is 1. The fourth-order valence-corrected chi connectivity index (χ4v) is 2.62. The Bertz CT molecular complexity index is 638. The second kappa shape index (κ2) is 9.74. The Morgan fingerprint density at radius 1 is 1.35 bits per heavy atom. The van der Waals surface area contributed by atoms with Gasteiger partial charge in [-0.15, -0.1) is 6.42 Å². The highest BCUT2D eigenvalue weighted by molar-refractivity contribution is 5.65. The van der Waals surface area contributed by atoms with E-state index >= 15 is 0 Å². The molecule has 0 heterocycles. The van der Waals surface area contributed by atoms with Crippen LogP contribution in [0.2, 0.25) is 0 Å². The minimum atomic E-state index is 0.344. The molecule has 0 radical (unpaired) electrons. The van der Waals surface area contributed by atoms with Crippen LogP contribution in [0.15, 0.2) is 48.3 Å². The number of aliphatic hydroxyl groups excluding tert-OH is 1. The first-order chi connectivity index (χ1) is 11.0. The van der Waals surface area contributed by atoms with Gasteiger partial charge in [0, 0.05) is 6.42 Å². The molecule has 0 aliphatic heterocycles. The number of aryl methyl sites for hydroxylation is 1. The summed E-state index contributed by atoms with van der Waals surface area (Å²) in [5.74, 6) is 2.91. The Kier molecular flexibility index (Phi) is 7.98. The molecule has 1 heteroatoms. The largest absolute Gasteiger partial charge is 0.512 e. The fourth-order valence-electron chi connectivity index (χ4n) is 2.62. The van der Waals surface area contributed by atoms with Crippen molar-refractivity contribution in [3.8, 4) is 12.3 Å². The Balaban J connectivity index is 2.94. The lowest BCUT2D eigenvalue weighted by molar-refractivity contribution is 0.397. The molecule has 0 saturated heterocycles. The van der Waals surface area contributed by atoms with Crippen LogP contribution in [0.1, 0.15) is 56.2 Å². The number of aliphatic hydroxyl groups is 1. The number of unbranched alkanes of at least 4 members (excludes halogenated alkanes) is 2. The summed E-state index contributed by atoms with van der Waals surface area (Å²) in [4.78, 5) is 0. The van der Waals surface area contributed by atoms with Gasteiger partial charge in [-0.3, -0.25) is 0 Å². The lowest BCUT2D eigenvalue weighted by atomic mass is 9.96. The third kappa shape index (κ3) is 6.61. The highest BCUT2D eigenvalue weighted by atomic mass is 16.3. The maximum absolute atomic E-state index is 10.4. The molecule has 0 spiro atoms. The maximum Gasteiger partial charge on any atom is 0.0969 e. The van der Waals surface area contributed by atoms with Gasteiger partial charge in [0.25, 0.3) is 0 Å². The number of allylic oxidation sites excluding steroid dienone is 5. The standard InChI is InChI=1S/C22H28O/c1-6-8-9-11-19(10-7-2)15-21(23)16-20-14-18(5)12-13-22(20)17(3)4/h2,10,12-15,23H,3,6,8-9,11,16H2,1,4-5H3/b19-10-,21-15+. The van der Waals surface area contributed by atoms with Crippen molar-refractivity contribution in [3.05, 3.63) is 65.0 Å². The first kappa shape index (κ1) is 18.8. The zero-order valence-corrected chi connectivity index (χ0v) is 14.7. The summed E-state index contributed by atoms with van der Waals surface area (Å²) >= 11 is 0. The highest BCUT2D eigenvalue weighted by Gasteiger charge is 2.07. The van der Waals surface area contributed by atoms with Crippen LogP contribution >= 0.6 is 0 Å². The minimum Gasteiger partial charge on any atom is -0.512 e. The van der Waals surface area contributed by atoms with Crippen molar-refractivity contribution in [3.63, 3.8) is 0 Å². The summed E-state index contributed by atoms with van der Waals surface area (Å²) in [6.07, 6.45) is 13.8. The molecule has 0 bridgehead atoms. The van der Waals surface area contributed by atoms with Crippen molar-refractivity contribution in [2.24, 2.45) is 0 Å². The summed E-state index contributed by atoms with van der Waals surface area (Å²) < 4.78 is 0. The van der Waals surface area contributed by atoms with Crippen molar-refractivity contribution >= 4 is 5.57 Å². The van der Waals surface area contributed by atoms with Crippen molar-refractivity contribution in [1.29, 1.82) is 0 Å². The van der Waals surface area contributed by atoms with Crippen molar-refractivity contribution in [2.75, 3.05) is 0 Å². The Hall–Kier alpha value is -2.20. The Labute approximate surface area is 141 Å². The molecule has 1 N–H and O–H groups in total. The molecule has 1 nitrogen and oxygen atoms in total. The zero-order chi connectivity index (χ0) is 17.2. The molecule has 0 aromatic heterocycles. The molecule has 0 aliphatic rings. The van der Waals surface area contributed by atoms with Gasteiger partial charge in [0.15, 0.2) is 0 Å². The summed E-state index contributed by atoms with van der Waals surface area (Å²) in [6, 6.07) is 6.25. The van der Waals surface area contributed by atoms with E-state index in [-0.39, 0.29) is 0 Å². The van der Waals surface area contributed by atoms with Crippen molar-refractivity contribution < 1.29 is 5.11 Å². The second-order valence-electron chi connectivity index (χ2n) is 6.10. The zero-order valence-electron chi connectivity index (χ0n) is 14.7. The fraction of sp³-hybridized carbons (Fsp3) is 0.364. The molecule has 1 aromatic rings. The average molecular weight is 308 g/mol. The topological polar surface area (TPSA) is 20.2 Å². The van der Waals surface area contributed by atoms with E-state index in [2.05, 4.69) is 44.5 Å². The highest BCUT2D eigenvalue weighted by Crippen LogP contribution is 2.22. The molecular formula is C22H28O. The Morgan fingerprint density at radius 3 is 2.70 bits per heavy atom. The van der Waals surface area contributed by atoms with E-state index in [0.717, 1.165) is 35.1 Å². The molecule has 1 aromatic carbocycles. The Morgan fingerprint density at radius 2 is 2.09 bits per heavy atom. The second-order valence-corrected chi connectivity index (χ2v) is 6.10. The van der Waals surface area contributed by atoms with Crippen molar-refractivity contribution in [1.82, 2.24) is 0 Å². The van der Waals surface area contributed by atoms with Gasteiger partial charge in [0.2, 0.25) is 0 Å². The average Bonchev–Trinajstić information content (AvgIpc) is 2.47.